The zero-order valence-corrected chi connectivity index (χ0v) is 14.8. The van der Waals surface area contributed by atoms with Crippen LogP contribution in [-0.2, 0) is 6.42 Å². The Labute approximate surface area is 131 Å². The molecule has 1 rings (SSSR count). The Morgan fingerprint density at radius 2 is 1.62 bits per heavy atom. The van der Waals surface area contributed by atoms with E-state index >= 15 is 0 Å². The summed E-state index contributed by atoms with van der Waals surface area (Å²) < 4.78 is 0. The zero-order valence-electron chi connectivity index (χ0n) is 14.8. The monoisotopic (exact) mass is 290 g/mol. The van der Waals surface area contributed by atoms with Crippen LogP contribution in [0, 0.1) is 11.8 Å². The fourth-order valence-corrected chi connectivity index (χ4v) is 2.60. The largest absolute Gasteiger partial charge is 0.312 e. The van der Waals surface area contributed by atoms with Crippen molar-refractivity contribution in [1.29, 1.82) is 0 Å². The maximum absolute atomic E-state index is 3.46. The highest BCUT2D eigenvalue weighted by atomic mass is 15.1. The van der Waals surface area contributed by atoms with Crippen LogP contribution in [0.3, 0.4) is 0 Å². The molecule has 2 nitrogen and oxygen atoms in total. The van der Waals surface area contributed by atoms with Crippen molar-refractivity contribution >= 4 is 0 Å². The van der Waals surface area contributed by atoms with E-state index in [2.05, 4.69) is 76.3 Å². The number of likely N-dealkylation sites (N-methyl/N-ethyl adjacent to an activating group) is 2. The van der Waals surface area contributed by atoms with Crippen LogP contribution < -0.4 is 5.32 Å². The number of hydrogen-bond donors (Lipinski definition) is 1. The van der Waals surface area contributed by atoms with Crippen molar-refractivity contribution in [2.75, 3.05) is 27.2 Å². The Kier molecular flexibility index (Phi) is 7.98. The molecule has 0 aliphatic carbocycles. The van der Waals surface area contributed by atoms with E-state index in [1.807, 2.05) is 0 Å². The van der Waals surface area contributed by atoms with Crippen LogP contribution in [0.2, 0.25) is 0 Å². The number of benzene rings is 1. The molecule has 0 radical (unpaired) electrons. The summed E-state index contributed by atoms with van der Waals surface area (Å²) in [5.74, 6) is 1.49. The Hall–Kier alpha value is -0.860. The van der Waals surface area contributed by atoms with Gasteiger partial charge in [-0.3, -0.25) is 0 Å². The Bertz CT molecular complexity index is 381. The minimum atomic E-state index is 0.412. The summed E-state index contributed by atoms with van der Waals surface area (Å²) in [7, 11) is 4.28. The van der Waals surface area contributed by atoms with E-state index in [4.69, 9.17) is 0 Å². The summed E-state index contributed by atoms with van der Waals surface area (Å²) in [4.78, 5) is 2.43. The van der Waals surface area contributed by atoms with Gasteiger partial charge in [-0.1, -0.05) is 52.0 Å². The van der Waals surface area contributed by atoms with Gasteiger partial charge >= 0.3 is 0 Å². The first-order chi connectivity index (χ1) is 9.92. The summed E-state index contributed by atoms with van der Waals surface area (Å²) in [6, 6.07) is 9.56. The minimum Gasteiger partial charge on any atom is -0.312 e. The van der Waals surface area contributed by atoms with Crippen molar-refractivity contribution in [1.82, 2.24) is 10.2 Å². The van der Waals surface area contributed by atoms with E-state index in [0.29, 0.717) is 6.04 Å². The van der Waals surface area contributed by atoms with Crippen LogP contribution in [0.4, 0.5) is 0 Å². The summed E-state index contributed by atoms with van der Waals surface area (Å²) in [5.41, 5.74) is 2.83. The molecule has 1 atom stereocenters. The molecule has 0 saturated heterocycles. The molecule has 0 aromatic heterocycles. The lowest BCUT2D eigenvalue weighted by Gasteiger charge is -2.25. The lowest BCUT2D eigenvalue weighted by atomic mass is 9.99. The number of nitrogens with one attached hydrogen (secondary N) is 1. The highest BCUT2D eigenvalue weighted by molar-refractivity contribution is 5.25. The van der Waals surface area contributed by atoms with Gasteiger partial charge in [0, 0.05) is 12.6 Å². The van der Waals surface area contributed by atoms with Gasteiger partial charge in [-0.2, -0.15) is 0 Å². The average molecular weight is 290 g/mol. The van der Waals surface area contributed by atoms with Gasteiger partial charge in [0.1, 0.15) is 0 Å². The van der Waals surface area contributed by atoms with Crippen molar-refractivity contribution in [2.45, 2.75) is 46.6 Å². The predicted octanol–water partition coefficient (Wildman–Crippen LogP) is 4.12. The third-order valence-electron chi connectivity index (χ3n) is 3.96. The first kappa shape index (κ1) is 18.2. The molecule has 21 heavy (non-hydrogen) atoms. The van der Waals surface area contributed by atoms with Gasteiger partial charge in [0.15, 0.2) is 0 Å². The summed E-state index contributed by atoms with van der Waals surface area (Å²) in [6.45, 7) is 11.4. The second kappa shape index (κ2) is 9.22. The molecule has 1 aromatic carbocycles. The highest BCUT2D eigenvalue weighted by Crippen LogP contribution is 2.17. The van der Waals surface area contributed by atoms with Crippen molar-refractivity contribution in [3.63, 3.8) is 0 Å². The third kappa shape index (κ3) is 7.10. The van der Waals surface area contributed by atoms with Crippen molar-refractivity contribution in [3.05, 3.63) is 35.4 Å². The first-order valence-corrected chi connectivity index (χ1v) is 8.37. The van der Waals surface area contributed by atoms with E-state index in [1.165, 1.54) is 30.5 Å². The topological polar surface area (TPSA) is 15.3 Å². The molecule has 1 aromatic rings. The standard InChI is InChI=1S/C19H34N2/c1-15(2)11-12-21(6)14-19(20-5)18-9-7-17(8-10-18)13-16(3)4/h7-10,15-16,19-20H,11-14H2,1-6H3. The number of hydrogen-bond acceptors (Lipinski definition) is 2. The summed E-state index contributed by atoms with van der Waals surface area (Å²) >= 11 is 0. The van der Waals surface area contributed by atoms with E-state index < -0.39 is 0 Å². The quantitative estimate of drug-likeness (QED) is 0.736. The predicted molar refractivity (Wildman–Crippen MR) is 93.7 cm³/mol. The molecule has 0 aliphatic rings. The first-order valence-electron chi connectivity index (χ1n) is 8.37. The molecule has 0 heterocycles. The second-order valence-corrected chi connectivity index (χ2v) is 7.13. The molecule has 0 spiro atoms. The van der Waals surface area contributed by atoms with Gasteiger partial charge in [0.2, 0.25) is 0 Å². The van der Waals surface area contributed by atoms with Gasteiger partial charge in [-0.05, 0) is 56.4 Å². The molecule has 1 N–H and O–H groups in total. The van der Waals surface area contributed by atoms with Crippen LogP contribution in [0.1, 0.15) is 51.3 Å². The lowest BCUT2D eigenvalue weighted by molar-refractivity contribution is 0.280. The molecule has 0 bridgehead atoms. The molecular weight excluding hydrogens is 256 g/mol. The molecule has 0 aliphatic heterocycles. The van der Waals surface area contributed by atoms with E-state index in [-0.39, 0.29) is 0 Å². The van der Waals surface area contributed by atoms with Gasteiger partial charge in [-0.15, -0.1) is 0 Å². The smallest absolute Gasteiger partial charge is 0.0446 e. The van der Waals surface area contributed by atoms with Crippen LogP contribution in [-0.4, -0.2) is 32.1 Å². The molecular formula is C19H34N2. The molecule has 0 amide bonds. The second-order valence-electron chi connectivity index (χ2n) is 7.13. The molecule has 2 heteroatoms. The Morgan fingerprint density at radius 3 is 2.10 bits per heavy atom. The van der Waals surface area contributed by atoms with Gasteiger partial charge < -0.3 is 10.2 Å². The van der Waals surface area contributed by atoms with Crippen molar-refractivity contribution in [3.8, 4) is 0 Å². The fraction of sp³-hybridized carbons (Fsp3) is 0.684. The van der Waals surface area contributed by atoms with Crippen LogP contribution in [0.5, 0.6) is 0 Å². The van der Waals surface area contributed by atoms with Crippen LogP contribution in [0.15, 0.2) is 24.3 Å². The maximum Gasteiger partial charge on any atom is 0.0446 e. The van der Waals surface area contributed by atoms with Gasteiger partial charge in [-0.25, -0.2) is 0 Å². The normalized spacial score (nSPS) is 13.4. The minimum absolute atomic E-state index is 0.412. The average Bonchev–Trinajstić information content (AvgIpc) is 2.43. The number of rotatable bonds is 9. The highest BCUT2D eigenvalue weighted by Gasteiger charge is 2.12. The maximum atomic E-state index is 3.46. The lowest BCUT2D eigenvalue weighted by Crippen LogP contribution is -2.32. The number of nitrogens with zero attached hydrogens (tertiary/aromatic N) is 1. The van der Waals surface area contributed by atoms with Crippen molar-refractivity contribution < 1.29 is 0 Å². The fourth-order valence-electron chi connectivity index (χ4n) is 2.60. The van der Waals surface area contributed by atoms with E-state index in [9.17, 15) is 0 Å². The van der Waals surface area contributed by atoms with Gasteiger partial charge in [0.05, 0.1) is 0 Å². The molecule has 0 fully saturated rings. The Morgan fingerprint density at radius 1 is 1.00 bits per heavy atom. The summed E-state index contributed by atoms with van der Waals surface area (Å²) in [6.07, 6.45) is 2.43. The van der Waals surface area contributed by atoms with E-state index in [1.54, 1.807) is 0 Å². The van der Waals surface area contributed by atoms with Gasteiger partial charge in [0.25, 0.3) is 0 Å². The van der Waals surface area contributed by atoms with E-state index in [0.717, 1.165) is 18.4 Å². The van der Waals surface area contributed by atoms with Crippen LogP contribution >= 0.6 is 0 Å². The molecule has 1 unspecified atom stereocenters. The molecule has 120 valence electrons. The van der Waals surface area contributed by atoms with Crippen molar-refractivity contribution in [2.24, 2.45) is 11.8 Å². The SMILES string of the molecule is CNC(CN(C)CCC(C)C)c1ccc(CC(C)C)cc1. The third-order valence-corrected chi connectivity index (χ3v) is 3.96. The Balaban J connectivity index is 2.58. The van der Waals surface area contributed by atoms with Crippen LogP contribution in [0.25, 0.3) is 0 Å². The zero-order chi connectivity index (χ0) is 15.8. The molecule has 0 saturated carbocycles. The summed E-state index contributed by atoms with van der Waals surface area (Å²) in [5, 5.41) is 3.46.